The quantitative estimate of drug-likeness (QED) is 0.454. The first kappa shape index (κ1) is 15.4. The van der Waals surface area contributed by atoms with E-state index in [-0.39, 0.29) is 29.5 Å². The lowest BCUT2D eigenvalue weighted by Crippen LogP contribution is -2.31. The maximum Gasteiger partial charge on any atom is 0.257 e. The summed E-state index contributed by atoms with van der Waals surface area (Å²) in [4.78, 5) is 31.5. The van der Waals surface area contributed by atoms with E-state index in [1.165, 1.54) is 17.8 Å². The molecule has 2 heterocycles. The Morgan fingerprint density at radius 2 is 2.17 bits per heavy atom. The number of phenolic OH excluding ortho intramolecular Hbond substituents is 1. The molecule has 6 nitrogen and oxygen atoms in total. The molecule has 7 heteroatoms. The van der Waals surface area contributed by atoms with E-state index in [4.69, 9.17) is 0 Å². The minimum atomic E-state index is -0.519. The fraction of sp³-hybridized carbons (Fsp3) is 0.188. The van der Waals surface area contributed by atoms with Gasteiger partial charge in [0.05, 0.1) is 5.56 Å². The highest BCUT2D eigenvalue weighted by Crippen LogP contribution is 2.37. The van der Waals surface area contributed by atoms with Gasteiger partial charge in [-0.15, -0.1) is 6.58 Å². The van der Waals surface area contributed by atoms with Crippen molar-refractivity contribution >= 4 is 23.5 Å². The van der Waals surface area contributed by atoms with E-state index in [0.29, 0.717) is 22.0 Å². The third kappa shape index (κ3) is 3.00. The van der Waals surface area contributed by atoms with Crippen molar-refractivity contribution in [2.45, 2.75) is 17.5 Å². The number of anilines is 1. The molecule has 0 saturated carbocycles. The number of benzene rings is 1. The van der Waals surface area contributed by atoms with Crippen LogP contribution in [-0.4, -0.2) is 26.7 Å². The Bertz CT molecular complexity index is 832. The van der Waals surface area contributed by atoms with Crippen molar-refractivity contribution in [1.82, 2.24) is 9.97 Å². The zero-order chi connectivity index (χ0) is 16.4. The van der Waals surface area contributed by atoms with Crippen molar-refractivity contribution in [2.75, 3.05) is 11.1 Å². The van der Waals surface area contributed by atoms with Crippen LogP contribution in [0.2, 0.25) is 0 Å². The Balaban J connectivity index is 2.11. The third-order valence-corrected chi connectivity index (χ3v) is 4.45. The molecule has 1 aromatic heterocycles. The van der Waals surface area contributed by atoms with Crippen LogP contribution < -0.4 is 10.9 Å². The van der Waals surface area contributed by atoms with Crippen LogP contribution in [0.15, 0.2) is 46.9 Å². The Morgan fingerprint density at radius 1 is 1.39 bits per heavy atom. The predicted octanol–water partition coefficient (Wildman–Crippen LogP) is 2.23. The second-order valence-electron chi connectivity index (χ2n) is 5.10. The van der Waals surface area contributed by atoms with Gasteiger partial charge in [-0.25, -0.2) is 4.98 Å². The first-order valence-corrected chi connectivity index (χ1v) is 8.04. The molecule has 3 N–H and O–H groups in total. The van der Waals surface area contributed by atoms with Gasteiger partial charge in [0, 0.05) is 23.7 Å². The minimum absolute atomic E-state index is 0.0580. The van der Waals surface area contributed by atoms with E-state index in [9.17, 15) is 14.7 Å². The number of rotatable bonds is 4. The smallest absolute Gasteiger partial charge is 0.257 e. The SMILES string of the molecule is C=CCSc1nc2c(c(=O)[nH]1)C(c1ccccc1O)CC(=O)N2. The summed E-state index contributed by atoms with van der Waals surface area (Å²) in [7, 11) is 0. The third-order valence-electron chi connectivity index (χ3n) is 3.58. The molecule has 0 radical (unpaired) electrons. The summed E-state index contributed by atoms with van der Waals surface area (Å²) in [6, 6.07) is 6.71. The molecule has 0 bridgehead atoms. The van der Waals surface area contributed by atoms with Crippen LogP contribution in [0.4, 0.5) is 5.82 Å². The summed E-state index contributed by atoms with van der Waals surface area (Å²) < 4.78 is 0. The summed E-state index contributed by atoms with van der Waals surface area (Å²) >= 11 is 1.32. The van der Waals surface area contributed by atoms with E-state index < -0.39 is 5.92 Å². The summed E-state index contributed by atoms with van der Waals surface area (Å²) in [6.45, 7) is 3.62. The monoisotopic (exact) mass is 329 g/mol. The highest BCUT2D eigenvalue weighted by Gasteiger charge is 2.32. The van der Waals surface area contributed by atoms with Gasteiger partial charge in [0.25, 0.3) is 5.56 Å². The number of aromatic amines is 1. The lowest BCUT2D eigenvalue weighted by atomic mass is 9.86. The van der Waals surface area contributed by atoms with Gasteiger partial charge in [0.2, 0.25) is 5.91 Å². The number of carbonyl (C=O) groups is 1. The molecular formula is C16H15N3O3S. The number of phenols is 1. The number of amides is 1. The fourth-order valence-corrected chi connectivity index (χ4v) is 3.20. The van der Waals surface area contributed by atoms with Crippen molar-refractivity contribution in [1.29, 1.82) is 0 Å². The highest BCUT2D eigenvalue weighted by molar-refractivity contribution is 7.99. The van der Waals surface area contributed by atoms with Crippen LogP contribution in [0, 0.1) is 0 Å². The molecule has 1 aromatic carbocycles. The van der Waals surface area contributed by atoms with Gasteiger partial charge in [-0.05, 0) is 6.07 Å². The molecule has 0 spiro atoms. The molecule has 118 valence electrons. The molecule has 0 fully saturated rings. The summed E-state index contributed by atoms with van der Waals surface area (Å²) in [5, 5.41) is 13.1. The molecule has 0 saturated heterocycles. The first-order valence-electron chi connectivity index (χ1n) is 7.05. The summed E-state index contributed by atoms with van der Waals surface area (Å²) in [5.74, 6) is 0.157. The fourth-order valence-electron chi connectivity index (χ4n) is 2.60. The van der Waals surface area contributed by atoms with Crippen molar-refractivity contribution in [3.63, 3.8) is 0 Å². The van der Waals surface area contributed by atoms with Crippen molar-refractivity contribution in [3.8, 4) is 5.75 Å². The molecule has 1 unspecified atom stereocenters. The van der Waals surface area contributed by atoms with Crippen molar-refractivity contribution in [3.05, 3.63) is 58.4 Å². The molecule has 1 atom stereocenters. The Kier molecular flexibility index (Phi) is 4.20. The van der Waals surface area contributed by atoms with E-state index in [1.54, 1.807) is 24.3 Å². The van der Waals surface area contributed by atoms with Gasteiger partial charge in [0.15, 0.2) is 5.16 Å². The Labute approximate surface area is 136 Å². The minimum Gasteiger partial charge on any atom is -0.508 e. The van der Waals surface area contributed by atoms with E-state index in [1.807, 2.05) is 0 Å². The first-order chi connectivity index (χ1) is 11.1. The zero-order valence-electron chi connectivity index (χ0n) is 12.2. The average molecular weight is 329 g/mol. The number of carbonyl (C=O) groups excluding carboxylic acids is 1. The van der Waals surface area contributed by atoms with Gasteiger partial charge in [-0.3, -0.25) is 9.59 Å². The lowest BCUT2D eigenvalue weighted by Gasteiger charge is -2.24. The topological polar surface area (TPSA) is 95.1 Å². The molecule has 1 aliphatic heterocycles. The van der Waals surface area contributed by atoms with Crippen molar-refractivity contribution in [2.24, 2.45) is 0 Å². The number of aromatic hydroxyl groups is 1. The van der Waals surface area contributed by atoms with Crippen molar-refractivity contribution < 1.29 is 9.90 Å². The van der Waals surface area contributed by atoms with E-state index in [2.05, 4.69) is 21.9 Å². The van der Waals surface area contributed by atoms with Gasteiger partial charge in [-0.1, -0.05) is 36.0 Å². The summed E-state index contributed by atoms with van der Waals surface area (Å²) in [6.07, 6.45) is 1.79. The van der Waals surface area contributed by atoms with Crippen LogP contribution >= 0.6 is 11.8 Å². The largest absolute Gasteiger partial charge is 0.508 e. The highest BCUT2D eigenvalue weighted by atomic mass is 32.2. The normalized spacial score (nSPS) is 16.5. The maximum absolute atomic E-state index is 12.5. The molecule has 1 amide bonds. The number of hydrogen-bond donors (Lipinski definition) is 3. The molecule has 0 aliphatic carbocycles. The second kappa shape index (κ2) is 6.29. The van der Waals surface area contributed by atoms with Crippen LogP contribution in [0.25, 0.3) is 0 Å². The Morgan fingerprint density at radius 3 is 2.91 bits per heavy atom. The van der Waals surface area contributed by atoms with Gasteiger partial charge in [-0.2, -0.15) is 0 Å². The number of hydrogen-bond acceptors (Lipinski definition) is 5. The number of nitrogens with one attached hydrogen (secondary N) is 2. The number of aromatic nitrogens is 2. The standard InChI is InChI=1S/C16H15N3O3S/c1-2-7-23-16-18-14-13(15(22)19-16)10(8-12(21)17-14)9-5-3-4-6-11(9)20/h2-6,10,20H,1,7-8H2,(H2,17,18,19,21,22). The van der Waals surface area contributed by atoms with Crippen LogP contribution in [0.5, 0.6) is 5.75 Å². The molecule has 1 aliphatic rings. The molecule has 3 rings (SSSR count). The Hall–Kier alpha value is -2.54. The van der Waals surface area contributed by atoms with Gasteiger partial charge < -0.3 is 15.4 Å². The van der Waals surface area contributed by atoms with Gasteiger partial charge in [0.1, 0.15) is 11.6 Å². The number of para-hydroxylation sites is 1. The number of fused-ring (bicyclic) bond motifs is 1. The zero-order valence-corrected chi connectivity index (χ0v) is 13.0. The van der Waals surface area contributed by atoms with Crippen LogP contribution in [0.3, 0.4) is 0 Å². The lowest BCUT2D eigenvalue weighted by molar-refractivity contribution is -0.116. The molecule has 2 aromatic rings. The predicted molar refractivity (Wildman–Crippen MR) is 89.0 cm³/mol. The number of thioether (sulfide) groups is 1. The number of H-pyrrole nitrogens is 1. The average Bonchev–Trinajstić information content (AvgIpc) is 2.52. The van der Waals surface area contributed by atoms with Crippen LogP contribution in [-0.2, 0) is 4.79 Å². The molecular weight excluding hydrogens is 314 g/mol. The summed E-state index contributed by atoms with van der Waals surface area (Å²) in [5.41, 5.74) is 0.603. The van der Waals surface area contributed by atoms with E-state index in [0.717, 1.165) is 0 Å². The maximum atomic E-state index is 12.5. The van der Waals surface area contributed by atoms with E-state index >= 15 is 0 Å². The van der Waals surface area contributed by atoms with Gasteiger partial charge >= 0.3 is 0 Å². The van der Waals surface area contributed by atoms with Crippen LogP contribution in [0.1, 0.15) is 23.5 Å². The second-order valence-corrected chi connectivity index (χ2v) is 6.11. The molecule has 23 heavy (non-hydrogen) atoms. The number of nitrogens with zero attached hydrogens (tertiary/aromatic N) is 1.